The van der Waals surface area contributed by atoms with Crippen molar-refractivity contribution < 1.29 is 9.26 Å². The number of nitrogens with one attached hydrogen (secondary N) is 1. The molecule has 1 aromatic heterocycles. The summed E-state index contributed by atoms with van der Waals surface area (Å²) in [5.74, 6) is 1.56. The van der Waals surface area contributed by atoms with Crippen LogP contribution in [0.4, 0.5) is 0 Å². The Morgan fingerprint density at radius 2 is 2.10 bits per heavy atom. The van der Waals surface area contributed by atoms with Crippen LogP contribution in [-0.2, 0) is 13.2 Å². The Morgan fingerprint density at radius 1 is 1.30 bits per heavy atom. The summed E-state index contributed by atoms with van der Waals surface area (Å²) in [6.07, 6.45) is 1.61. The van der Waals surface area contributed by atoms with Gasteiger partial charge in [-0.25, -0.2) is 0 Å². The molecule has 0 aliphatic heterocycles. The van der Waals surface area contributed by atoms with E-state index in [1.165, 1.54) is 0 Å². The first-order chi connectivity index (χ1) is 9.44. The Hall–Kier alpha value is -1.33. The van der Waals surface area contributed by atoms with Crippen LogP contribution in [0.2, 0.25) is 0 Å². The van der Waals surface area contributed by atoms with Crippen LogP contribution in [-0.4, -0.2) is 10.7 Å². The average molecular weight is 339 g/mol. The quantitative estimate of drug-likeness (QED) is 0.897. The van der Waals surface area contributed by atoms with Crippen molar-refractivity contribution in [1.82, 2.24) is 10.5 Å². The minimum atomic E-state index is 0.0600. The molecule has 0 aliphatic carbocycles. The normalized spacial score (nSPS) is 11.6. The Kier molecular flexibility index (Phi) is 4.83. The lowest BCUT2D eigenvalue weighted by molar-refractivity contribution is 0.246. The third kappa shape index (κ3) is 4.65. The van der Waals surface area contributed by atoms with Gasteiger partial charge in [0, 0.05) is 28.2 Å². The van der Waals surface area contributed by atoms with E-state index in [1.807, 2.05) is 12.1 Å². The van der Waals surface area contributed by atoms with E-state index in [4.69, 9.17) is 9.26 Å². The summed E-state index contributed by atoms with van der Waals surface area (Å²) in [5.41, 5.74) is 1.17. The van der Waals surface area contributed by atoms with Crippen LogP contribution in [0.1, 0.15) is 32.1 Å². The minimum Gasteiger partial charge on any atom is -0.485 e. The second kappa shape index (κ2) is 6.41. The van der Waals surface area contributed by atoms with Crippen LogP contribution in [0.25, 0.3) is 0 Å². The molecule has 1 aromatic carbocycles. The number of benzene rings is 1. The highest BCUT2D eigenvalue weighted by molar-refractivity contribution is 9.10. The van der Waals surface area contributed by atoms with Gasteiger partial charge in [0.25, 0.3) is 0 Å². The van der Waals surface area contributed by atoms with Crippen LogP contribution in [0, 0.1) is 0 Å². The number of halogens is 1. The Labute approximate surface area is 127 Å². The number of hydrogen-bond donors (Lipinski definition) is 1. The average Bonchev–Trinajstić information content (AvgIpc) is 2.87. The second-order valence-corrected chi connectivity index (χ2v) is 6.54. The molecule has 0 unspecified atom stereocenters. The van der Waals surface area contributed by atoms with Crippen molar-refractivity contribution in [2.45, 2.75) is 39.5 Å². The standard InChI is InChI=1S/C15H19BrN2O2/c1-15(2,3)17-9-11-8-12(16)4-5-14(11)19-10-13-6-7-18-20-13/h4-8,17H,9-10H2,1-3H3. The lowest BCUT2D eigenvalue weighted by atomic mass is 10.1. The summed E-state index contributed by atoms with van der Waals surface area (Å²) in [4.78, 5) is 0. The Balaban J connectivity index is 2.07. The monoisotopic (exact) mass is 338 g/mol. The number of hydrogen-bond acceptors (Lipinski definition) is 4. The third-order valence-corrected chi connectivity index (χ3v) is 3.19. The lowest BCUT2D eigenvalue weighted by Gasteiger charge is -2.21. The number of ether oxygens (including phenoxy) is 1. The molecule has 2 rings (SSSR count). The maximum absolute atomic E-state index is 5.81. The lowest BCUT2D eigenvalue weighted by Crippen LogP contribution is -2.35. The van der Waals surface area contributed by atoms with Crippen molar-refractivity contribution in [3.05, 3.63) is 46.3 Å². The van der Waals surface area contributed by atoms with Gasteiger partial charge in [-0.05, 0) is 39.0 Å². The van der Waals surface area contributed by atoms with E-state index in [0.29, 0.717) is 12.4 Å². The summed E-state index contributed by atoms with van der Waals surface area (Å²) >= 11 is 3.49. The van der Waals surface area contributed by atoms with Crippen LogP contribution in [0.15, 0.2) is 39.5 Å². The first-order valence-electron chi connectivity index (χ1n) is 6.50. The van der Waals surface area contributed by atoms with Gasteiger partial charge in [0.1, 0.15) is 12.4 Å². The maximum Gasteiger partial charge on any atom is 0.174 e. The highest BCUT2D eigenvalue weighted by atomic mass is 79.9. The number of rotatable bonds is 5. The molecule has 0 aliphatic rings. The van der Waals surface area contributed by atoms with E-state index in [-0.39, 0.29) is 5.54 Å². The molecule has 0 spiro atoms. The van der Waals surface area contributed by atoms with Crippen molar-refractivity contribution >= 4 is 15.9 Å². The van der Waals surface area contributed by atoms with Gasteiger partial charge >= 0.3 is 0 Å². The molecule has 4 nitrogen and oxygen atoms in total. The first-order valence-corrected chi connectivity index (χ1v) is 7.29. The van der Waals surface area contributed by atoms with Crippen molar-refractivity contribution in [3.63, 3.8) is 0 Å². The zero-order valence-electron chi connectivity index (χ0n) is 11.9. The molecule has 2 aromatic rings. The van der Waals surface area contributed by atoms with Crippen molar-refractivity contribution in [2.75, 3.05) is 0 Å². The molecule has 1 N–H and O–H groups in total. The Bertz CT molecular complexity index is 547. The van der Waals surface area contributed by atoms with E-state index in [9.17, 15) is 0 Å². The molecule has 0 amide bonds. The fraction of sp³-hybridized carbons (Fsp3) is 0.400. The molecule has 0 atom stereocenters. The highest BCUT2D eigenvalue weighted by Crippen LogP contribution is 2.24. The SMILES string of the molecule is CC(C)(C)NCc1cc(Br)ccc1OCc1ccno1. The first kappa shape index (κ1) is 15.1. The zero-order chi connectivity index (χ0) is 14.6. The van der Waals surface area contributed by atoms with Crippen LogP contribution >= 0.6 is 15.9 Å². The molecule has 20 heavy (non-hydrogen) atoms. The van der Waals surface area contributed by atoms with Gasteiger partial charge < -0.3 is 14.6 Å². The molecular formula is C15H19BrN2O2. The van der Waals surface area contributed by atoms with Crippen molar-refractivity contribution in [2.24, 2.45) is 0 Å². The third-order valence-electron chi connectivity index (χ3n) is 2.69. The summed E-state index contributed by atoms with van der Waals surface area (Å²) in [6, 6.07) is 7.79. The molecule has 5 heteroatoms. The van der Waals surface area contributed by atoms with E-state index in [1.54, 1.807) is 12.3 Å². The van der Waals surface area contributed by atoms with Gasteiger partial charge in [0.05, 0.1) is 6.20 Å². The number of aromatic nitrogens is 1. The van der Waals surface area contributed by atoms with Gasteiger partial charge in [-0.2, -0.15) is 0 Å². The summed E-state index contributed by atoms with van der Waals surface area (Å²) < 4.78 is 11.9. The van der Waals surface area contributed by atoms with Gasteiger partial charge in [-0.3, -0.25) is 0 Å². The largest absolute Gasteiger partial charge is 0.485 e. The van der Waals surface area contributed by atoms with Crippen molar-refractivity contribution in [3.8, 4) is 5.75 Å². The molecule has 0 saturated carbocycles. The summed E-state index contributed by atoms with van der Waals surface area (Å²) in [6.45, 7) is 7.54. The summed E-state index contributed by atoms with van der Waals surface area (Å²) in [5, 5.41) is 7.13. The minimum absolute atomic E-state index is 0.0600. The fourth-order valence-electron chi connectivity index (χ4n) is 1.65. The zero-order valence-corrected chi connectivity index (χ0v) is 13.5. The number of nitrogens with zero attached hydrogens (tertiary/aromatic N) is 1. The van der Waals surface area contributed by atoms with E-state index in [2.05, 4.69) is 53.2 Å². The molecule has 0 saturated heterocycles. The topological polar surface area (TPSA) is 47.3 Å². The fourth-order valence-corrected chi connectivity index (χ4v) is 2.06. The Morgan fingerprint density at radius 3 is 2.75 bits per heavy atom. The van der Waals surface area contributed by atoms with Gasteiger partial charge in [-0.1, -0.05) is 21.1 Å². The van der Waals surface area contributed by atoms with Crippen LogP contribution in [0.5, 0.6) is 5.75 Å². The second-order valence-electron chi connectivity index (χ2n) is 5.62. The molecule has 108 valence electrons. The summed E-state index contributed by atoms with van der Waals surface area (Å²) in [7, 11) is 0. The van der Waals surface area contributed by atoms with E-state index in [0.717, 1.165) is 22.3 Å². The molecular weight excluding hydrogens is 320 g/mol. The van der Waals surface area contributed by atoms with Crippen molar-refractivity contribution in [1.29, 1.82) is 0 Å². The van der Waals surface area contributed by atoms with E-state index < -0.39 is 0 Å². The predicted octanol–water partition coefficient (Wildman–Crippen LogP) is 3.90. The van der Waals surface area contributed by atoms with Crippen LogP contribution in [0.3, 0.4) is 0 Å². The smallest absolute Gasteiger partial charge is 0.174 e. The highest BCUT2D eigenvalue weighted by Gasteiger charge is 2.12. The van der Waals surface area contributed by atoms with Crippen LogP contribution < -0.4 is 10.1 Å². The maximum atomic E-state index is 5.81. The van der Waals surface area contributed by atoms with Gasteiger partial charge in [-0.15, -0.1) is 0 Å². The van der Waals surface area contributed by atoms with Gasteiger partial charge in [0.15, 0.2) is 5.76 Å². The molecule has 1 heterocycles. The predicted molar refractivity (Wildman–Crippen MR) is 81.6 cm³/mol. The van der Waals surface area contributed by atoms with E-state index >= 15 is 0 Å². The molecule has 0 radical (unpaired) electrons. The molecule has 0 fully saturated rings. The molecule has 0 bridgehead atoms. The van der Waals surface area contributed by atoms with Gasteiger partial charge in [0.2, 0.25) is 0 Å².